The average molecular weight is 451 g/mol. The van der Waals surface area contributed by atoms with Gasteiger partial charge in [-0.25, -0.2) is 4.98 Å². The highest BCUT2D eigenvalue weighted by molar-refractivity contribution is 7.14. The molecule has 0 bridgehead atoms. The van der Waals surface area contributed by atoms with E-state index in [1.807, 2.05) is 16.8 Å². The van der Waals surface area contributed by atoms with Crippen molar-refractivity contribution in [1.82, 2.24) is 9.88 Å². The maximum atomic E-state index is 13.2. The predicted molar refractivity (Wildman–Crippen MR) is 113 cm³/mol. The summed E-state index contributed by atoms with van der Waals surface area (Å²) in [5.74, 6) is 0.104. The number of carbonyl (C=O) groups is 1. The summed E-state index contributed by atoms with van der Waals surface area (Å²) in [5.41, 5.74) is 2.22. The number of hydrogen-bond acceptors (Lipinski definition) is 6. The Bertz CT molecular complexity index is 1000. The minimum Gasteiger partial charge on any atom is -0.490 e. The van der Waals surface area contributed by atoms with E-state index < -0.39 is 6.61 Å². The molecule has 1 aliphatic rings. The molecule has 1 fully saturated rings. The van der Waals surface area contributed by atoms with Gasteiger partial charge in [0, 0.05) is 28.9 Å². The molecule has 0 N–H and O–H groups in total. The topological polar surface area (TPSA) is 51.7 Å². The first-order valence-corrected chi connectivity index (χ1v) is 11.4. The third-order valence-corrected chi connectivity index (χ3v) is 6.19. The van der Waals surface area contributed by atoms with E-state index in [2.05, 4.69) is 9.72 Å². The van der Waals surface area contributed by atoms with Crippen molar-refractivity contribution < 1.29 is 23.0 Å². The number of amides is 1. The fraction of sp³-hybridized carbons (Fsp3) is 0.333. The standard InChI is InChI=1S/C21H20F2N2O3S2/c1-2-27-18-9-13(3-6-17(18)28-21(22)23)10-25(15-4-5-15)20(26)16-12-30-19(24-16)14-7-8-29-11-14/h3,6-9,11-12,15,21H,2,4-5,10H2,1H3. The van der Waals surface area contributed by atoms with Crippen molar-refractivity contribution in [2.24, 2.45) is 0 Å². The number of aromatic nitrogens is 1. The van der Waals surface area contributed by atoms with E-state index in [9.17, 15) is 13.6 Å². The molecule has 1 aromatic carbocycles. The zero-order valence-corrected chi connectivity index (χ0v) is 17.8. The summed E-state index contributed by atoms with van der Waals surface area (Å²) in [7, 11) is 0. The van der Waals surface area contributed by atoms with Crippen molar-refractivity contribution in [3.05, 3.63) is 51.7 Å². The van der Waals surface area contributed by atoms with Crippen molar-refractivity contribution >= 4 is 28.6 Å². The third-order valence-electron chi connectivity index (χ3n) is 4.62. The molecule has 0 unspecified atom stereocenters. The summed E-state index contributed by atoms with van der Waals surface area (Å²) in [6, 6.07) is 6.94. The molecule has 0 atom stereocenters. The maximum Gasteiger partial charge on any atom is 0.387 e. The van der Waals surface area contributed by atoms with Crippen LogP contribution in [0.5, 0.6) is 11.5 Å². The molecule has 0 aliphatic heterocycles. The zero-order valence-electron chi connectivity index (χ0n) is 16.2. The molecule has 0 saturated heterocycles. The molecule has 4 rings (SSSR count). The highest BCUT2D eigenvalue weighted by atomic mass is 32.1. The van der Waals surface area contributed by atoms with Crippen LogP contribution in [0.3, 0.4) is 0 Å². The van der Waals surface area contributed by atoms with Crippen LogP contribution >= 0.6 is 22.7 Å². The van der Waals surface area contributed by atoms with Gasteiger partial charge in [0.25, 0.3) is 5.91 Å². The average Bonchev–Trinajstić information content (AvgIpc) is 3.20. The number of nitrogens with zero attached hydrogens (tertiary/aromatic N) is 2. The molecular weight excluding hydrogens is 430 g/mol. The van der Waals surface area contributed by atoms with Crippen molar-refractivity contribution in [2.45, 2.75) is 39.0 Å². The molecule has 2 heterocycles. The van der Waals surface area contributed by atoms with Crippen LogP contribution in [0.25, 0.3) is 10.6 Å². The Morgan fingerprint density at radius 1 is 1.27 bits per heavy atom. The van der Waals surface area contributed by atoms with Crippen LogP contribution < -0.4 is 9.47 Å². The van der Waals surface area contributed by atoms with Gasteiger partial charge in [-0.1, -0.05) is 6.07 Å². The Hall–Kier alpha value is -2.52. The molecule has 5 nitrogen and oxygen atoms in total. The highest BCUT2D eigenvalue weighted by Crippen LogP contribution is 2.34. The lowest BCUT2D eigenvalue weighted by Gasteiger charge is -2.22. The SMILES string of the molecule is CCOc1cc(CN(C(=O)c2csc(-c3ccsc3)n2)C2CC2)ccc1OC(F)F. The van der Waals surface area contributed by atoms with Gasteiger partial charge in [0.05, 0.1) is 6.61 Å². The van der Waals surface area contributed by atoms with Crippen LogP contribution in [-0.2, 0) is 6.54 Å². The first kappa shape index (κ1) is 20.7. The second-order valence-corrected chi connectivity index (χ2v) is 8.44. The Balaban J connectivity index is 1.54. The van der Waals surface area contributed by atoms with Crippen LogP contribution in [-0.4, -0.2) is 35.1 Å². The van der Waals surface area contributed by atoms with Gasteiger partial charge in [-0.3, -0.25) is 4.79 Å². The van der Waals surface area contributed by atoms with Gasteiger partial charge in [-0.05, 0) is 48.9 Å². The van der Waals surface area contributed by atoms with Crippen molar-refractivity contribution in [3.63, 3.8) is 0 Å². The summed E-state index contributed by atoms with van der Waals surface area (Å²) in [4.78, 5) is 19.5. The number of halogens is 2. The van der Waals surface area contributed by atoms with Crippen LogP contribution in [0.15, 0.2) is 40.4 Å². The van der Waals surface area contributed by atoms with E-state index >= 15 is 0 Å². The van der Waals surface area contributed by atoms with Gasteiger partial charge < -0.3 is 14.4 Å². The number of thiophene rings is 1. The third kappa shape index (κ3) is 4.79. The summed E-state index contributed by atoms with van der Waals surface area (Å²) in [6.45, 7) is -0.490. The summed E-state index contributed by atoms with van der Waals surface area (Å²) in [5, 5.41) is 6.59. The maximum absolute atomic E-state index is 13.2. The van der Waals surface area contributed by atoms with Crippen LogP contribution in [0.1, 0.15) is 35.8 Å². The van der Waals surface area contributed by atoms with E-state index in [1.54, 1.807) is 40.7 Å². The van der Waals surface area contributed by atoms with Gasteiger partial charge >= 0.3 is 6.61 Å². The normalized spacial score (nSPS) is 13.5. The quantitative estimate of drug-likeness (QED) is 0.421. The van der Waals surface area contributed by atoms with Crippen molar-refractivity contribution in [1.29, 1.82) is 0 Å². The lowest BCUT2D eigenvalue weighted by molar-refractivity contribution is -0.0514. The fourth-order valence-corrected chi connectivity index (χ4v) is 4.61. The smallest absolute Gasteiger partial charge is 0.387 e. The molecule has 1 saturated carbocycles. The van der Waals surface area contributed by atoms with E-state index in [0.717, 1.165) is 29.0 Å². The first-order chi connectivity index (χ1) is 14.5. The number of ether oxygens (including phenoxy) is 2. The van der Waals surface area contributed by atoms with Gasteiger partial charge in [0.2, 0.25) is 0 Å². The summed E-state index contributed by atoms with van der Waals surface area (Å²) in [6.07, 6.45) is 1.89. The summed E-state index contributed by atoms with van der Waals surface area (Å²) >= 11 is 3.04. The van der Waals surface area contributed by atoms with Crippen molar-refractivity contribution in [3.8, 4) is 22.1 Å². The number of hydrogen-bond donors (Lipinski definition) is 0. The number of carbonyl (C=O) groups excluding carboxylic acids is 1. The molecule has 2 aromatic heterocycles. The molecule has 30 heavy (non-hydrogen) atoms. The second kappa shape index (κ2) is 9.09. The van der Waals surface area contributed by atoms with Gasteiger partial charge in [0.15, 0.2) is 11.5 Å². The van der Waals surface area contributed by atoms with Crippen LogP contribution in [0.2, 0.25) is 0 Å². The number of benzene rings is 1. The Kier molecular flexibility index (Phi) is 6.29. The molecular formula is C21H20F2N2O3S2. The lowest BCUT2D eigenvalue weighted by Crippen LogP contribution is -2.32. The second-order valence-electron chi connectivity index (χ2n) is 6.81. The fourth-order valence-electron chi connectivity index (χ4n) is 3.10. The van der Waals surface area contributed by atoms with E-state index in [0.29, 0.717) is 18.8 Å². The molecule has 9 heteroatoms. The van der Waals surface area contributed by atoms with E-state index in [-0.39, 0.29) is 23.4 Å². The lowest BCUT2D eigenvalue weighted by atomic mass is 10.1. The number of rotatable bonds is 9. The molecule has 1 amide bonds. The van der Waals surface area contributed by atoms with Gasteiger partial charge in [-0.15, -0.1) is 11.3 Å². The number of alkyl halides is 2. The molecule has 0 radical (unpaired) electrons. The Labute approximate surface area is 180 Å². The number of thiazole rings is 1. The highest BCUT2D eigenvalue weighted by Gasteiger charge is 2.34. The molecule has 158 valence electrons. The minimum atomic E-state index is -2.93. The van der Waals surface area contributed by atoms with Gasteiger partial charge in [-0.2, -0.15) is 20.1 Å². The van der Waals surface area contributed by atoms with Gasteiger partial charge in [0.1, 0.15) is 10.7 Å². The van der Waals surface area contributed by atoms with Crippen molar-refractivity contribution in [2.75, 3.05) is 6.61 Å². The predicted octanol–water partition coefficient (Wildman–Crippen LogP) is 5.68. The minimum absolute atomic E-state index is 0.0141. The van der Waals surface area contributed by atoms with E-state index in [1.165, 1.54) is 17.4 Å². The van der Waals surface area contributed by atoms with Crippen LogP contribution in [0.4, 0.5) is 8.78 Å². The van der Waals surface area contributed by atoms with Crippen LogP contribution in [0, 0.1) is 0 Å². The summed E-state index contributed by atoms with van der Waals surface area (Å²) < 4.78 is 35.2. The van der Waals surface area contributed by atoms with E-state index in [4.69, 9.17) is 4.74 Å². The molecule has 1 aliphatic carbocycles. The monoisotopic (exact) mass is 450 g/mol. The Morgan fingerprint density at radius 3 is 2.77 bits per heavy atom. The first-order valence-electron chi connectivity index (χ1n) is 9.54. The Morgan fingerprint density at radius 2 is 2.10 bits per heavy atom. The zero-order chi connectivity index (χ0) is 21.1. The largest absolute Gasteiger partial charge is 0.490 e. The molecule has 3 aromatic rings. The molecule has 0 spiro atoms.